The van der Waals surface area contributed by atoms with Gasteiger partial charge < -0.3 is 129 Å². The van der Waals surface area contributed by atoms with Crippen LogP contribution in [0.5, 0.6) is 0 Å². The number of ketones is 1. The number of carboxylic acids is 1. The average Bonchev–Trinajstić information content (AvgIpc) is 1.71. The third-order valence-electron chi connectivity index (χ3n) is 23.8. The van der Waals surface area contributed by atoms with E-state index in [2.05, 4.69) is 68.5 Å². The van der Waals surface area contributed by atoms with Crippen LogP contribution in [0.4, 0.5) is 0 Å². The number of primary amides is 1. The quantitative estimate of drug-likeness (QED) is 0.0428. The van der Waals surface area contributed by atoms with Crippen LogP contribution in [-0.2, 0) is 128 Å². The van der Waals surface area contributed by atoms with Crippen LogP contribution in [0, 0.1) is 17.8 Å². The number of amides is 17. The molecule has 776 valence electrons. The number of aromatic amines is 2. The summed E-state index contributed by atoms with van der Waals surface area (Å²) in [5, 5.41) is 51.4. The van der Waals surface area contributed by atoms with Crippen molar-refractivity contribution >= 4 is 175 Å². The van der Waals surface area contributed by atoms with Crippen LogP contribution < -0.4 is 70.0 Å². The Balaban J connectivity index is 0.00000888. The number of nitrogens with zero attached hydrogens (tertiary/aromatic N) is 5. The van der Waals surface area contributed by atoms with Gasteiger partial charge in [0.25, 0.3) is 0 Å². The molecule has 4 aliphatic heterocycles. The zero-order valence-electron chi connectivity index (χ0n) is 80.6. The number of aliphatic hydroxyl groups excluding tert-OH is 1. The van der Waals surface area contributed by atoms with E-state index in [0.29, 0.717) is 39.4 Å². The fraction of sp³-hybridized carbons (Fsp3) is 0.609. The van der Waals surface area contributed by atoms with Gasteiger partial charge in [0.2, 0.25) is 100 Å². The third kappa shape index (κ3) is 37.4. The molecule has 2 aromatic carbocycles. The molecule has 46 nitrogen and oxygen atoms in total. The van der Waals surface area contributed by atoms with E-state index >= 15 is 9.59 Å². The molecule has 0 spiro atoms. The lowest BCUT2D eigenvalue weighted by molar-refractivity contribution is -0.192. The molecule has 4 aliphatic rings. The van der Waals surface area contributed by atoms with E-state index in [9.17, 15) is 91.7 Å². The summed E-state index contributed by atoms with van der Waals surface area (Å²) in [4.78, 5) is 301. The Kier molecular flexibility index (Phi) is 49.0. The Morgan fingerprint density at radius 3 is 1.49 bits per heavy atom. The Hall–Kier alpha value is -12.1. The van der Waals surface area contributed by atoms with Gasteiger partial charge in [-0.25, -0.2) is 0 Å². The molecule has 8 rings (SSSR count). The molecule has 4 saturated heterocycles. The monoisotopic (exact) mass is 2030 g/mol. The Labute approximate surface area is 828 Å². The van der Waals surface area contributed by atoms with Crippen molar-refractivity contribution in [2.75, 3.05) is 147 Å². The fourth-order valence-corrected chi connectivity index (χ4v) is 18.8. The lowest BCUT2D eigenvalue weighted by Crippen LogP contribution is -2.61. The molecule has 17 amide bonds. The minimum absolute atomic E-state index is 0.00898. The minimum Gasteiger partial charge on any atom is -0.481 e. The SMILES string of the molecule is CC[C@@H]1NC(=O)[C@H]([C@@H](C)O)NC(=O)[C@@H](CC(=O)[C@H](C)NC(=O)CN(C)C(=O)CCN)CSCCC(=O)N2CCOCCN3CCOCCN(CCOCC2)C(=O)CCSC[C@@H](NC1=O)C(=O)N[C@@H](Cc1c[nH]c2ccccc12)C(=O)N[C@@H](C(C)C)C(=O)N[C@@H](CC(=O)O)C(=O)NCC(=O)N[C@@H](Cc1c[nH]c2ccccc12)C(=O)N[C@@H](C(C)C)C(=O)N1CCC[C@H]1C(=O)N[C@H](C(N)=O)CSCCC3=O.O=C=O. The van der Waals surface area contributed by atoms with Crippen LogP contribution in [0.3, 0.4) is 0 Å². The number of H-pyrrole nitrogens is 2. The Bertz CT molecular complexity index is 5020. The van der Waals surface area contributed by atoms with E-state index in [1.165, 1.54) is 61.3 Å². The van der Waals surface area contributed by atoms with Gasteiger partial charge in [0.05, 0.1) is 77.2 Å². The predicted octanol–water partition coefficient (Wildman–Crippen LogP) is -3.78. The van der Waals surface area contributed by atoms with Crippen molar-refractivity contribution in [3.05, 3.63) is 72.1 Å². The van der Waals surface area contributed by atoms with Crippen molar-refractivity contribution in [1.29, 1.82) is 0 Å². The summed E-state index contributed by atoms with van der Waals surface area (Å²) in [6.07, 6.45) is -0.688. The zero-order chi connectivity index (χ0) is 104. The molecular weight excluding hydrogens is 1900 g/mol. The molecule has 0 saturated carbocycles. The molecule has 49 heteroatoms. The normalized spacial score (nSPS) is 24.1. The number of thioether (sulfide) groups is 3. The summed E-state index contributed by atoms with van der Waals surface area (Å²) in [6, 6.07) is -2.85. The van der Waals surface area contributed by atoms with Gasteiger partial charge in [0, 0.05) is 173 Å². The lowest BCUT2D eigenvalue weighted by atomic mass is 9.98. The number of aromatic nitrogens is 2. The van der Waals surface area contributed by atoms with Crippen molar-refractivity contribution in [1.82, 2.24) is 93.0 Å². The minimum atomic E-state index is -1.96. The molecule has 0 radical (unpaired) electrons. The van der Waals surface area contributed by atoms with Crippen LogP contribution in [0.2, 0.25) is 0 Å². The highest BCUT2D eigenvalue weighted by Crippen LogP contribution is 2.26. The van der Waals surface area contributed by atoms with Gasteiger partial charge in [-0.2, -0.15) is 44.9 Å². The van der Waals surface area contributed by atoms with Gasteiger partial charge in [0.15, 0.2) is 5.78 Å². The summed E-state index contributed by atoms with van der Waals surface area (Å²) in [5.74, 6) is -19.6. The number of nitrogens with one attached hydrogen (secondary N) is 13. The number of fused-ring (bicyclic) bond motifs is 18. The van der Waals surface area contributed by atoms with E-state index in [4.69, 9.17) is 35.3 Å². The number of Topliss-reactive ketones (excluding diaryl/α,β-unsaturated/α-hetero) is 1. The summed E-state index contributed by atoms with van der Waals surface area (Å²) in [5.41, 5.74) is 13.7. The van der Waals surface area contributed by atoms with Gasteiger partial charge >= 0.3 is 12.1 Å². The molecule has 141 heavy (non-hydrogen) atoms. The first-order valence-electron chi connectivity index (χ1n) is 46.9. The van der Waals surface area contributed by atoms with Crippen molar-refractivity contribution in [2.24, 2.45) is 29.2 Å². The van der Waals surface area contributed by atoms with Crippen LogP contribution >= 0.6 is 35.3 Å². The number of para-hydroxylation sites is 2. The second-order valence-electron chi connectivity index (χ2n) is 35.0. The standard InChI is InChI=1S/C91H134N20O24S3.CO2/c1-9-61-84(125)103-68-51-138-40-23-76(119)110-30-36-134-33-27-108(74(117)21-38-136-49-58(82(123)106-80(55(7)112)90(131)99-61)43-70(113)54(6)97-72(115)48-107(8)73(116)20-24-92)26-32-133-34-28-109(29-35-135-37-31-110)75(118)22-39-137-50-67(81(93)122)102-88(129)69-19-14-25-111(69)91(132)79(53(4)5)105-85(126)64(41-56-45-94-62-17-12-10-15-59(56)62)98-71(114)47-96-83(124)66(44-77(120)121)101-89(130)78(52(2)3)104-86(127)65(100-87(68)128)42-57-46-95-63-18-13-11-16-60(57)63;2-1-3/h10-13,15-18,45-46,52-55,58,61,64-69,78-80,94-95,112H,9,14,19-44,47-51,92H2,1-8H3,(H2,93,122)(H,96,124)(H,97,115)(H,98,114)(H,99,131)(H,100,128)(H,101,130)(H,102,129)(H,103,125)(H,104,127)(H,105,126)(H,106,123)(H,120,121);/t54-,55+,58-,61-,64-,65-,66-,67-,68+,69-,78-,79-,80-;/m0./s1. The maximum atomic E-state index is 15.5. The topological polar surface area (TPSA) is 659 Å². The second-order valence-corrected chi connectivity index (χ2v) is 38.5. The molecule has 4 aromatic rings. The van der Waals surface area contributed by atoms with Crippen molar-refractivity contribution in [3.8, 4) is 0 Å². The van der Waals surface area contributed by atoms with Gasteiger partial charge in [-0.3, -0.25) is 91.1 Å². The van der Waals surface area contributed by atoms with E-state index in [1.54, 1.807) is 74.8 Å². The molecule has 2 aromatic heterocycles. The number of aliphatic hydroxyl groups is 1. The maximum Gasteiger partial charge on any atom is 0.373 e. The van der Waals surface area contributed by atoms with E-state index in [1.807, 2.05) is 0 Å². The van der Waals surface area contributed by atoms with Crippen LogP contribution in [0.1, 0.15) is 117 Å². The predicted molar refractivity (Wildman–Crippen MR) is 517 cm³/mol. The number of ether oxygens (including phenoxy) is 3. The number of carboxylic acid groups (broad SMARTS) is 1. The van der Waals surface area contributed by atoms with E-state index in [0.717, 1.165) is 40.2 Å². The number of benzene rings is 2. The number of aliphatic carboxylic acids is 1. The number of hydrogen-bond donors (Lipinski definition) is 17. The molecule has 0 unspecified atom stereocenters. The third-order valence-corrected chi connectivity index (χ3v) is 27.1. The highest BCUT2D eigenvalue weighted by atomic mass is 32.2. The largest absolute Gasteiger partial charge is 0.481 e. The fourth-order valence-electron chi connectivity index (χ4n) is 15.8. The average molecular weight is 2030 g/mol. The summed E-state index contributed by atoms with van der Waals surface area (Å²) < 4.78 is 18.3. The van der Waals surface area contributed by atoms with Crippen molar-refractivity contribution in [3.63, 3.8) is 0 Å². The Morgan fingerprint density at radius 2 is 1.00 bits per heavy atom. The molecule has 6 heterocycles. The van der Waals surface area contributed by atoms with Gasteiger partial charge in [-0.1, -0.05) is 71.0 Å². The van der Waals surface area contributed by atoms with Gasteiger partial charge in [-0.15, -0.1) is 0 Å². The zero-order valence-corrected chi connectivity index (χ0v) is 83.0. The van der Waals surface area contributed by atoms with Gasteiger partial charge in [0.1, 0.15) is 60.4 Å². The van der Waals surface area contributed by atoms with E-state index < -0.39 is 217 Å². The number of hydrogen-bond acceptors (Lipinski definition) is 29. The highest BCUT2D eigenvalue weighted by molar-refractivity contribution is 7.99. The number of carbonyl (C=O) groups excluding carboxylic acids is 20. The molecule has 4 bridgehead atoms. The first-order valence-corrected chi connectivity index (χ1v) is 50.4. The molecular formula is C92H134N20O26S3. The second kappa shape index (κ2) is 59.6. The van der Waals surface area contributed by atoms with Crippen molar-refractivity contribution in [2.45, 2.75) is 192 Å². The number of nitrogens with two attached hydrogens (primary N) is 2. The summed E-state index contributed by atoms with van der Waals surface area (Å²) in [6.45, 7) is 8.85. The molecule has 19 N–H and O–H groups in total. The maximum absolute atomic E-state index is 15.5. The molecule has 13 atom stereocenters. The number of likely N-dealkylation sites (N-methyl/N-ethyl adjacent to an activating group) is 1. The summed E-state index contributed by atoms with van der Waals surface area (Å²) >= 11 is 3.24. The number of carbonyl (C=O) groups is 19. The number of rotatable bonds is 19. The Morgan fingerprint density at radius 1 is 0.539 bits per heavy atom. The van der Waals surface area contributed by atoms with Gasteiger partial charge in [-0.05, 0) is 68.2 Å². The lowest BCUT2D eigenvalue weighted by Gasteiger charge is -2.32. The first-order chi connectivity index (χ1) is 67.3. The van der Waals surface area contributed by atoms with Crippen LogP contribution in [0.25, 0.3) is 21.8 Å². The smallest absolute Gasteiger partial charge is 0.373 e. The first kappa shape index (κ1) is 116. The van der Waals surface area contributed by atoms with E-state index in [-0.39, 0.29) is 196 Å². The molecule has 4 fully saturated rings. The van der Waals surface area contributed by atoms with Crippen LogP contribution in [-0.4, -0.2) is 382 Å². The van der Waals surface area contributed by atoms with Crippen molar-refractivity contribution < 1.29 is 125 Å². The highest BCUT2D eigenvalue weighted by Gasteiger charge is 2.43. The summed E-state index contributed by atoms with van der Waals surface area (Å²) in [7, 11) is 1.38. The molecule has 0 aliphatic carbocycles. The van der Waals surface area contributed by atoms with Crippen LogP contribution in [0.15, 0.2) is 60.9 Å².